The minimum absolute atomic E-state index is 0.258. The molecular formula is C15H18N2OS. The molecule has 0 aliphatic carbocycles. The minimum atomic E-state index is -0.258. The molecule has 1 aromatic carbocycles. The van der Waals surface area contributed by atoms with Gasteiger partial charge in [-0.3, -0.25) is 4.79 Å². The van der Waals surface area contributed by atoms with E-state index in [2.05, 4.69) is 11.9 Å². The predicted molar refractivity (Wildman–Crippen MR) is 85.0 cm³/mol. The first-order valence-electron chi connectivity index (χ1n) is 5.77. The van der Waals surface area contributed by atoms with E-state index in [1.54, 1.807) is 30.0 Å². The smallest absolute Gasteiger partial charge is 0.255 e. The summed E-state index contributed by atoms with van der Waals surface area (Å²) in [6, 6.07) is 7.12. The highest BCUT2D eigenvalue weighted by Gasteiger charge is 2.06. The summed E-state index contributed by atoms with van der Waals surface area (Å²) < 4.78 is 0. The Morgan fingerprint density at radius 2 is 2.05 bits per heavy atom. The maximum absolute atomic E-state index is 11.9. The van der Waals surface area contributed by atoms with Crippen molar-refractivity contribution in [1.29, 1.82) is 0 Å². The normalized spacial score (nSPS) is 11.6. The number of nitrogens with two attached hydrogens (primary N) is 1. The molecule has 1 amide bonds. The fraction of sp³-hybridized carbons (Fsp3) is 0.133. The summed E-state index contributed by atoms with van der Waals surface area (Å²) in [4.78, 5) is 11.9. The summed E-state index contributed by atoms with van der Waals surface area (Å²) in [6.45, 7) is 5.70. The Labute approximate surface area is 118 Å². The SMILES string of the molecule is C=C(/C=C\C(C)=C/SC)C(=O)Nc1ccccc1N. The number of para-hydroxylation sites is 2. The number of nitrogen functional groups attached to an aromatic ring is 1. The Balaban J connectivity index is 2.67. The molecule has 0 fully saturated rings. The maximum Gasteiger partial charge on any atom is 0.255 e. The topological polar surface area (TPSA) is 55.1 Å². The van der Waals surface area contributed by atoms with Gasteiger partial charge < -0.3 is 11.1 Å². The highest BCUT2D eigenvalue weighted by atomic mass is 32.2. The third-order valence-corrected chi connectivity index (χ3v) is 2.96. The monoisotopic (exact) mass is 274 g/mol. The van der Waals surface area contributed by atoms with Crippen molar-refractivity contribution in [2.24, 2.45) is 0 Å². The van der Waals surface area contributed by atoms with Crippen molar-refractivity contribution >= 4 is 29.0 Å². The van der Waals surface area contributed by atoms with Crippen LogP contribution < -0.4 is 11.1 Å². The highest BCUT2D eigenvalue weighted by Crippen LogP contribution is 2.17. The van der Waals surface area contributed by atoms with E-state index in [1.165, 1.54) is 0 Å². The molecule has 19 heavy (non-hydrogen) atoms. The number of nitrogens with one attached hydrogen (secondary N) is 1. The maximum atomic E-state index is 11.9. The predicted octanol–water partition coefficient (Wildman–Crippen LogP) is 3.59. The summed E-state index contributed by atoms with van der Waals surface area (Å²) in [5.74, 6) is -0.258. The van der Waals surface area contributed by atoms with Gasteiger partial charge in [-0.05, 0) is 42.4 Å². The summed E-state index contributed by atoms with van der Waals surface area (Å²) in [5.41, 5.74) is 8.34. The number of allylic oxidation sites excluding steroid dienone is 2. The number of hydrogen-bond donors (Lipinski definition) is 2. The number of carbonyl (C=O) groups excluding carboxylic acids is 1. The molecule has 0 heterocycles. The van der Waals surface area contributed by atoms with E-state index < -0.39 is 0 Å². The third kappa shape index (κ3) is 5.06. The molecule has 0 bridgehead atoms. The number of thioether (sulfide) groups is 1. The van der Waals surface area contributed by atoms with Crippen molar-refractivity contribution < 1.29 is 4.79 Å². The van der Waals surface area contributed by atoms with Crippen LogP contribution >= 0.6 is 11.8 Å². The molecule has 1 aromatic rings. The van der Waals surface area contributed by atoms with Crippen molar-refractivity contribution in [3.8, 4) is 0 Å². The van der Waals surface area contributed by atoms with Crippen molar-refractivity contribution in [3.63, 3.8) is 0 Å². The molecule has 0 saturated heterocycles. The van der Waals surface area contributed by atoms with E-state index in [-0.39, 0.29) is 5.91 Å². The van der Waals surface area contributed by atoms with E-state index in [0.29, 0.717) is 16.9 Å². The lowest BCUT2D eigenvalue weighted by molar-refractivity contribution is -0.112. The molecule has 0 saturated carbocycles. The quantitative estimate of drug-likeness (QED) is 0.490. The number of benzene rings is 1. The molecule has 0 aliphatic heterocycles. The van der Waals surface area contributed by atoms with Gasteiger partial charge in [0.15, 0.2) is 0 Å². The van der Waals surface area contributed by atoms with Gasteiger partial charge in [0.05, 0.1) is 11.4 Å². The number of carbonyl (C=O) groups is 1. The molecule has 0 aromatic heterocycles. The fourth-order valence-electron chi connectivity index (χ4n) is 1.35. The van der Waals surface area contributed by atoms with Gasteiger partial charge >= 0.3 is 0 Å². The zero-order valence-corrected chi connectivity index (χ0v) is 12.0. The first-order chi connectivity index (χ1) is 9.04. The zero-order valence-electron chi connectivity index (χ0n) is 11.1. The largest absolute Gasteiger partial charge is 0.397 e. The second-order valence-electron chi connectivity index (χ2n) is 4.00. The van der Waals surface area contributed by atoms with E-state index in [1.807, 2.05) is 36.8 Å². The molecule has 0 unspecified atom stereocenters. The molecule has 3 nitrogen and oxygen atoms in total. The Kier molecular flexibility index (Phi) is 5.96. The van der Waals surface area contributed by atoms with Gasteiger partial charge in [-0.25, -0.2) is 0 Å². The fourth-order valence-corrected chi connectivity index (χ4v) is 1.80. The number of hydrogen-bond acceptors (Lipinski definition) is 3. The summed E-state index contributed by atoms with van der Waals surface area (Å²) in [6.07, 6.45) is 5.53. The number of anilines is 2. The molecule has 0 radical (unpaired) electrons. The van der Waals surface area contributed by atoms with E-state index in [0.717, 1.165) is 5.57 Å². The number of amides is 1. The zero-order chi connectivity index (χ0) is 14.3. The van der Waals surface area contributed by atoms with E-state index >= 15 is 0 Å². The van der Waals surface area contributed by atoms with Crippen LogP contribution in [0, 0.1) is 0 Å². The van der Waals surface area contributed by atoms with Gasteiger partial charge in [-0.15, -0.1) is 11.8 Å². The molecule has 0 spiro atoms. The second-order valence-corrected chi connectivity index (χ2v) is 4.70. The molecule has 0 atom stereocenters. The lowest BCUT2D eigenvalue weighted by Gasteiger charge is -2.07. The Bertz CT molecular complexity index is 533. The molecule has 1 rings (SSSR count). The molecular weight excluding hydrogens is 256 g/mol. The van der Waals surface area contributed by atoms with Crippen molar-refractivity contribution in [2.45, 2.75) is 6.92 Å². The molecule has 3 N–H and O–H groups in total. The highest BCUT2D eigenvalue weighted by molar-refractivity contribution is 8.01. The Morgan fingerprint density at radius 3 is 2.68 bits per heavy atom. The van der Waals surface area contributed by atoms with Crippen LogP contribution in [0.15, 0.2) is 59.6 Å². The average molecular weight is 274 g/mol. The van der Waals surface area contributed by atoms with Gasteiger partial charge in [0.1, 0.15) is 0 Å². The standard InChI is InChI=1S/C15H18N2OS/c1-11(10-19-3)8-9-12(2)15(18)17-14-7-5-4-6-13(14)16/h4-10H,2,16H2,1,3H3,(H,17,18)/b9-8-,11-10-. The first kappa shape index (κ1) is 15.1. The van der Waals surface area contributed by atoms with Crippen LogP contribution in [0.2, 0.25) is 0 Å². The lowest BCUT2D eigenvalue weighted by atomic mass is 10.2. The van der Waals surface area contributed by atoms with Crippen molar-refractivity contribution in [1.82, 2.24) is 0 Å². The van der Waals surface area contributed by atoms with Gasteiger partial charge in [-0.1, -0.05) is 24.8 Å². The van der Waals surface area contributed by atoms with Crippen LogP contribution in [0.1, 0.15) is 6.92 Å². The van der Waals surface area contributed by atoms with Crippen LogP contribution in [-0.2, 0) is 4.79 Å². The lowest BCUT2D eigenvalue weighted by Crippen LogP contribution is -2.13. The Hall–Kier alpha value is -1.94. The van der Waals surface area contributed by atoms with Crippen LogP contribution in [0.25, 0.3) is 0 Å². The molecule has 4 heteroatoms. The van der Waals surface area contributed by atoms with E-state index in [4.69, 9.17) is 5.73 Å². The van der Waals surface area contributed by atoms with Crippen LogP contribution in [0.4, 0.5) is 11.4 Å². The number of rotatable bonds is 5. The average Bonchev–Trinajstić information content (AvgIpc) is 2.39. The van der Waals surface area contributed by atoms with Gasteiger partial charge in [0.25, 0.3) is 5.91 Å². The minimum Gasteiger partial charge on any atom is -0.397 e. The van der Waals surface area contributed by atoms with Crippen LogP contribution in [0.3, 0.4) is 0 Å². The summed E-state index contributed by atoms with van der Waals surface area (Å²) in [7, 11) is 0. The molecule has 0 aliphatic rings. The summed E-state index contributed by atoms with van der Waals surface area (Å²) >= 11 is 1.61. The first-order valence-corrected chi connectivity index (χ1v) is 7.05. The van der Waals surface area contributed by atoms with Crippen LogP contribution in [0.5, 0.6) is 0 Å². The van der Waals surface area contributed by atoms with Crippen molar-refractivity contribution in [2.75, 3.05) is 17.3 Å². The molecule has 100 valence electrons. The summed E-state index contributed by atoms with van der Waals surface area (Å²) in [5, 5.41) is 4.72. The Morgan fingerprint density at radius 1 is 1.37 bits per heavy atom. The van der Waals surface area contributed by atoms with Gasteiger partial charge in [-0.2, -0.15) is 0 Å². The van der Waals surface area contributed by atoms with Gasteiger partial charge in [0.2, 0.25) is 0 Å². The third-order valence-electron chi connectivity index (χ3n) is 2.35. The van der Waals surface area contributed by atoms with Gasteiger partial charge in [0, 0.05) is 5.57 Å². The second kappa shape index (κ2) is 7.48. The van der Waals surface area contributed by atoms with E-state index in [9.17, 15) is 4.79 Å². The van der Waals surface area contributed by atoms with Crippen molar-refractivity contribution in [3.05, 3.63) is 59.6 Å². The van der Waals surface area contributed by atoms with Crippen LogP contribution in [-0.4, -0.2) is 12.2 Å².